The topological polar surface area (TPSA) is 20.3 Å². The van der Waals surface area contributed by atoms with Crippen molar-refractivity contribution in [2.45, 2.75) is 25.9 Å². The molecule has 0 aromatic heterocycles. The molecule has 5 heteroatoms. The van der Waals surface area contributed by atoms with Gasteiger partial charge in [-0.1, -0.05) is 30.7 Å². The van der Waals surface area contributed by atoms with Crippen molar-refractivity contribution in [2.75, 3.05) is 13.1 Å². The molecule has 1 fully saturated rings. The molecule has 118 valence electrons. The van der Waals surface area contributed by atoms with Crippen LogP contribution in [0.5, 0.6) is 0 Å². The van der Waals surface area contributed by atoms with Crippen molar-refractivity contribution in [1.82, 2.24) is 4.90 Å². The van der Waals surface area contributed by atoms with Crippen molar-refractivity contribution >= 4 is 12.0 Å². The number of carbonyl (C=O) groups is 1. The number of rotatable bonds is 1. The highest BCUT2D eigenvalue weighted by Gasteiger charge is 2.29. The van der Waals surface area contributed by atoms with E-state index in [1.165, 1.54) is 18.2 Å². The van der Waals surface area contributed by atoms with Gasteiger partial charge in [0.05, 0.1) is 5.56 Å². The summed E-state index contributed by atoms with van der Waals surface area (Å²) in [6.45, 7) is 6.92. The predicted molar refractivity (Wildman–Crippen MR) is 80.8 cm³/mol. The summed E-state index contributed by atoms with van der Waals surface area (Å²) in [5.41, 5.74) is 0.0519. The molecule has 1 aromatic carbocycles. The van der Waals surface area contributed by atoms with E-state index < -0.39 is 11.7 Å². The number of likely N-dealkylation sites (tertiary alicyclic amines) is 1. The van der Waals surface area contributed by atoms with Crippen LogP contribution in [0.25, 0.3) is 6.08 Å². The van der Waals surface area contributed by atoms with Crippen LogP contribution in [0, 0.1) is 11.8 Å². The highest BCUT2D eigenvalue weighted by Crippen LogP contribution is 2.29. The number of hydrogen-bond acceptors (Lipinski definition) is 1. The zero-order valence-electron chi connectivity index (χ0n) is 12.4. The Balaban J connectivity index is 0.000000224. The molecule has 1 aliphatic heterocycles. The molecule has 1 aliphatic rings. The number of carbonyl (C=O) groups excluding carboxylic acids is 1. The number of alkyl halides is 3. The van der Waals surface area contributed by atoms with Crippen molar-refractivity contribution in [1.29, 1.82) is 0 Å². The summed E-state index contributed by atoms with van der Waals surface area (Å²) in [5, 5.41) is 0. The second kappa shape index (κ2) is 8.28. The van der Waals surface area contributed by atoms with E-state index in [1.807, 2.05) is 0 Å². The smallest absolute Gasteiger partial charge is 0.332 e. The van der Waals surface area contributed by atoms with Gasteiger partial charge in [0.2, 0.25) is 0 Å². The molecule has 1 heterocycles. The SMILES string of the molecule is C=Cc1ccc(C(F)(F)F)cc1.CC#CC(=O)N1CCCC1. The molecule has 1 amide bonds. The lowest BCUT2D eigenvalue weighted by atomic mass is 10.1. The van der Waals surface area contributed by atoms with Gasteiger partial charge in [-0.15, -0.1) is 0 Å². The van der Waals surface area contributed by atoms with Crippen LogP contribution < -0.4 is 0 Å². The third-order valence-electron chi connectivity index (χ3n) is 3.10. The fourth-order valence-electron chi connectivity index (χ4n) is 1.91. The quantitative estimate of drug-likeness (QED) is 0.719. The standard InChI is InChI=1S/C9H7F3.C8H11NO/c1-2-7-3-5-8(6-4-7)9(10,11)12;1-2-5-8(10)9-6-3-4-7-9/h2-6H,1H2;3-4,6-7H2,1H3. The normalized spacial score (nSPS) is 13.5. The molecule has 0 bridgehead atoms. The van der Waals surface area contributed by atoms with Gasteiger partial charge in [-0.2, -0.15) is 13.2 Å². The molecule has 1 saturated heterocycles. The van der Waals surface area contributed by atoms with E-state index in [0.717, 1.165) is 38.1 Å². The highest BCUT2D eigenvalue weighted by molar-refractivity contribution is 5.93. The maximum absolute atomic E-state index is 12.0. The van der Waals surface area contributed by atoms with Crippen molar-refractivity contribution in [3.8, 4) is 11.8 Å². The number of amides is 1. The molecule has 2 rings (SSSR count). The number of halogens is 3. The molecule has 0 aliphatic carbocycles. The summed E-state index contributed by atoms with van der Waals surface area (Å²) in [5.74, 6) is 5.11. The molecule has 0 radical (unpaired) electrons. The third kappa shape index (κ3) is 5.65. The van der Waals surface area contributed by atoms with E-state index in [2.05, 4.69) is 18.4 Å². The Morgan fingerprint density at radius 1 is 1.23 bits per heavy atom. The van der Waals surface area contributed by atoms with Gasteiger partial charge in [-0.05, 0) is 43.4 Å². The van der Waals surface area contributed by atoms with Gasteiger partial charge in [-0.25, -0.2) is 0 Å². The van der Waals surface area contributed by atoms with Crippen molar-refractivity contribution < 1.29 is 18.0 Å². The van der Waals surface area contributed by atoms with E-state index in [4.69, 9.17) is 0 Å². The molecular formula is C17H18F3NO. The largest absolute Gasteiger partial charge is 0.416 e. The molecule has 0 atom stereocenters. The molecular weight excluding hydrogens is 291 g/mol. The Morgan fingerprint density at radius 2 is 1.77 bits per heavy atom. The van der Waals surface area contributed by atoms with Crippen molar-refractivity contribution in [2.24, 2.45) is 0 Å². The zero-order chi connectivity index (χ0) is 16.6. The number of benzene rings is 1. The number of nitrogens with zero attached hydrogens (tertiary/aromatic N) is 1. The minimum Gasteiger partial charge on any atom is -0.332 e. The van der Waals surface area contributed by atoms with Crippen LogP contribution in [0.3, 0.4) is 0 Å². The zero-order valence-corrected chi connectivity index (χ0v) is 12.4. The molecule has 0 spiro atoms. The van der Waals surface area contributed by atoms with Crippen LogP contribution in [0.1, 0.15) is 30.9 Å². The van der Waals surface area contributed by atoms with Crippen molar-refractivity contribution in [3.05, 3.63) is 42.0 Å². The fraction of sp³-hybridized carbons (Fsp3) is 0.353. The average Bonchev–Trinajstić information content (AvgIpc) is 3.02. The first kappa shape index (κ1) is 17.8. The maximum Gasteiger partial charge on any atom is 0.416 e. The minimum atomic E-state index is -4.25. The first-order chi connectivity index (χ1) is 10.4. The van der Waals surface area contributed by atoms with Gasteiger partial charge < -0.3 is 4.90 Å². The average molecular weight is 309 g/mol. The lowest BCUT2D eigenvalue weighted by molar-refractivity contribution is -0.137. The Morgan fingerprint density at radius 3 is 2.18 bits per heavy atom. The van der Waals surface area contributed by atoms with E-state index in [1.54, 1.807) is 11.8 Å². The summed E-state index contributed by atoms with van der Waals surface area (Å²) < 4.78 is 36.0. The van der Waals surface area contributed by atoms with Crippen LogP contribution in [0.2, 0.25) is 0 Å². The van der Waals surface area contributed by atoms with E-state index >= 15 is 0 Å². The van der Waals surface area contributed by atoms with Crippen LogP contribution in [-0.2, 0) is 11.0 Å². The van der Waals surface area contributed by atoms with Gasteiger partial charge in [0.1, 0.15) is 0 Å². The molecule has 0 unspecified atom stereocenters. The van der Waals surface area contributed by atoms with Gasteiger partial charge >= 0.3 is 6.18 Å². The first-order valence-electron chi connectivity index (χ1n) is 6.90. The second-order valence-electron chi connectivity index (χ2n) is 4.70. The summed E-state index contributed by atoms with van der Waals surface area (Å²) >= 11 is 0. The summed E-state index contributed by atoms with van der Waals surface area (Å²) in [7, 11) is 0. The first-order valence-corrected chi connectivity index (χ1v) is 6.90. The Bertz CT molecular complexity index is 558. The van der Waals surface area contributed by atoms with E-state index in [9.17, 15) is 18.0 Å². The van der Waals surface area contributed by atoms with Gasteiger partial charge in [0.15, 0.2) is 0 Å². The molecule has 0 saturated carbocycles. The van der Waals surface area contributed by atoms with Crippen molar-refractivity contribution in [3.63, 3.8) is 0 Å². The summed E-state index contributed by atoms with van der Waals surface area (Å²) in [6, 6.07) is 4.85. The molecule has 1 aromatic rings. The lowest BCUT2D eigenvalue weighted by Crippen LogP contribution is -2.25. The van der Waals surface area contributed by atoms with Crippen LogP contribution in [0.4, 0.5) is 13.2 Å². The molecule has 22 heavy (non-hydrogen) atoms. The lowest BCUT2D eigenvalue weighted by Gasteiger charge is -2.09. The van der Waals surface area contributed by atoms with E-state index in [-0.39, 0.29) is 5.91 Å². The minimum absolute atomic E-state index is 0.0139. The van der Waals surface area contributed by atoms with Crippen LogP contribution >= 0.6 is 0 Å². The summed E-state index contributed by atoms with van der Waals surface area (Å²) in [6.07, 6.45) is -0.478. The predicted octanol–water partition coefficient (Wildman–Crippen LogP) is 3.98. The molecule has 2 nitrogen and oxygen atoms in total. The van der Waals surface area contributed by atoms with Gasteiger partial charge in [0.25, 0.3) is 5.91 Å². The second-order valence-corrected chi connectivity index (χ2v) is 4.70. The Labute approximate surface area is 128 Å². The van der Waals surface area contributed by atoms with Gasteiger partial charge in [0, 0.05) is 13.1 Å². The van der Waals surface area contributed by atoms with E-state index in [0.29, 0.717) is 5.56 Å². The van der Waals surface area contributed by atoms with Gasteiger partial charge in [-0.3, -0.25) is 4.79 Å². The summed E-state index contributed by atoms with van der Waals surface area (Å²) in [4.78, 5) is 12.8. The third-order valence-corrected chi connectivity index (χ3v) is 3.10. The van der Waals surface area contributed by atoms with Crippen LogP contribution in [-0.4, -0.2) is 23.9 Å². The monoisotopic (exact) mass is 309 g/mol. The Kier molecular flexibility index (Phi) is 6.71. The van der Waals surface area contributed by atoms with Crippen LogP contribution in [0.15, 0.2) is 30.8 Å². The fourth-order valence-corrected chi connectivity index (χ4v) is 1.91. The highest BCUT2D eigenvalue weighted by atomic mass is 19.4. The molecule has 0 N–H and O–H groups in total. The Hall–Kier alpha value is -2.22. The number of hydrogen-bond donors (Lipinski definition) is 0. The maximum atomic E-state index is 12.0.